The molecule has 3 rings (SSSR count). The number of hydrogen-bond acceptors (Lipinski definition) is 3. The summed E-state index contributed by atoms with van der Waals surface area (Å²) in [6, 6.07) is 21.6. The number of carbonyl (C=O) groups is 2. The molecule has 5 nitrogen and oxygen atoms in total. The van der Waals surface area contributed by atoms with Crippen LogP contribution in [-0.4, -0.2) is 35.4 Å². The van der Waals surface area contributed by atoms with Gasteiger partial charge in [-0.1, -0.05) is 79.2 Å². The third kappa shape index (κ3) is 7.55. The molecule has 0 aliphatic rings. The van der Waals surface area contributed by atoms with E-state index in [1.165, 1.54) is 11.0 Å². The molecule has 0 saturated carbocycles. The fraction of sp³-hybridized carbons (Fsp3) is 0.286. The van der Waals surface area contributed by atoms with E-state index in [4.69, 9.17) is 16.3 Å². The summed E-state index contributed by atoms with van der Waals surface area (Å²) in [5, 5.41) is 3.35. The van der Waals surface area contributed by atoms with E-state index in [-0.39, 0.29) is 31.5 Å². The molecular weight excluding hydrogens is 467 g/mol. The van der Waals surface area contributed by atoms with Crippen LogP contribution < -0.4 is 10.1 Å². The zero-order chi connectivity index (χ0) is 25.2. The summed E-state index contributed by atoms with van der Waals surface area (Å²) in [6.07, 6.45) is 1.01. The Bertz CT molecular complexity index is 1130. The van der Waals surface area contributed by atoms with Gasteiger partial charge in [0.05, 0.1) is 5.02 Å². The van der Waals surface area contributed by atoms with E-state index in [2.05, 4.69) is 5.32 Å². The zero-order valence-electron chi connectivity index (χ0n) is 19.9. The van der Waals surface area contributed by atoms with Crippen LogP contribution in [0.3, 0.4) is 0 Å². The minimum Gasteiger partial charge on any atom is -0.482 e. The topological polar surface area (TPSA) is 58.6 Å². The molecule has 184 valence electrons. The second-order valence-electron chi connectivity index (χ2n) is 8.36. The number of ether oxygens (including phenoxy) is 1. The third-order valence-corrected chi connectivity index (χ3v) is 6.07. The fourth-order valence-corrected chi connectivity index (χ4v) is 3.78. The SMILES string of the molecule is CC[C@@H](C)NC(=O)[C@H](Cc1ccccc1)N(Cc1ccccc1F)C(=O)COc1ccccc1Cl. The number of benzene rings is 3. The molecule has 0 saturated heterocycles. The Kier molecular flexibility index (Phi) is 9.67. The van der Waals surface area contributed by atoms with E-state index in [0.29, 0.717) is 16.3 Å². The fourth-order valence-electron chi connectivity index (χ4n) is 3.59. The van der Waals surface area contributed by atoms with Gasteiger partial charge >= 0.3 is 0 Å². The molecule has 0 fully saturated rings. The van der Waals surface area contributed by atoms with Gasteiger partial charge in [0, 0.05) is 24.6 Å². The van der Waals surface area contributed by atoms with Gasteiger partial charge in [0.2, 0.25) is 5.91 Å². The Morgan fingerprint density at radius 1 is 1.00 bits per heavy atom. The Balaban J connectivity index is 1.93. The minimum absolute atomic E-state index is 0.0782. The number of halogens is 2. The molecule has 0 heterocycles. The van der Waals surface area contributed by atoms with Gasteiger partial charge in [0.25, 0.3) is 5.91 Å². The highest BCUT2D eigenvalue weighted by molar-refractivity contribution is 6.32. The summed E-state index contributed by atoms with van der Waals surface area (Å²) in [7, 11) is 0. The van der Waals surface area contributed by atoms with Gasteiger partial charge in [-0.05, 0) is 37.1 Å². The van der Waals surface area contributed by atoms with Crippen LogP contribution in [-0.2, 0) is 22.6 Å². The summed E-state index contributed by atoms with van der Waals surface area (Å²) >= 11 is 6.17. The maximum atomic E-state index is 14.6. The number of carbonyl (C=O) groups excluding carboxylic acids is 2. The van der Waals surface area contributed by atoms with Crippen LogP contribution in [0.2, 0.25) is 5.02 Å². The van der Waals surface area contributed by atoms with Crippen molar-refractivity contribution in [2.75, 3.05) is 6.61 Å². The van der Waals surface area contributed by atoms with Gasteiger partial charge < -0.3 is 15.0 Å². The lowest BCUT2D eigenvalue weighted by molar-refractivity contribution is -0.143. The molecule has 0 unspecified atom stereocenters. The molecule has 0 radical (unpaired) electrons. The minimum atomic E-state index is -0.867. The second kappa shape index (κ2) is 12.9. The Labute approximate surface area is 210 Å². The monoisotopic (exact) mass is 496 g/mol. The van der Waals surface area contributed by atoms with E-state index in [1.54, 1.807) is 42.5 Å². The molecule has 0 spiro atoms. The first kappa shape index (κ1) is 26.2. The molecule has 0 bridgehead atoms. The highest BCUT2D eigenvalue weighted by Crippen LogP contribution is 2.24. The first-order chi connectivity index (χ1) is 16.9. The summed E-state index contributed by atoms with van der Waals surface area (Å²) in [5.74, 6) is -0.839. The van der Waals surface area contributed by atoms with Crippen molar-refractivity contribution in [3.8, 4) is 5.75 Å². The lowest BCUT2D eigenvalue weighted by Crippen LogP contribution is -2.53. The Morgan fingerprint density at radius 2 is 1.66 bits per heavy atom. The third-order valence-electron chi connectivity index (χ3n) is 5.76. The van der Waals surface area contributed by atoms with Crippen LogP contribution in [0.25, 0.3) is 0 Å². The zero-order valence-corrected chi connectivity index (χ0v) is 20.7. The van der Waals surface area contributed by atoms with Gasteiger partial charge in [-0.2, -0.15) is 0 Å². The number of amides is 2. The van der Waals surface area contributed by atoms with E-state index >= 15 is 0 Å². The van der Waals surface area contributed by atoms with Crippen molar-refractivity contribution in [2.45, 2.75) is 45.3 Å². The van der Waals surface area contributed by atoms with E-state index in [9.17, 15) is 14.0 Å². The molecule has 7 heteroatoms. The van der Waals surface area contributed by atoms with Crippen molar-refractivity contribution < 1.29 is 18.7 Å². The molecule has 3 aromatic rings. The second-order valence-corrected chi connectivity index (χ2v) is 8.76. The van der Waals surface area contributed by atoms with Crippen LogP contribution in [0, 0.1) is 5.82 Å². The molecule has 35 heavy (non-hydrogen) atoms. The Hall–Kier alpha value is -3.38. The first-order valence-electron chi connectivity index (χ1n) is 11.6. The van der Waals surface area contributed by atoms with Crippen LogP contribution in [0.4, 0.5) is 4.39 Å². The number of hydrogen-bond donors (Lipinski definition) is 1. The van der Waals surface area contributed by atoms with Crippen molar-refractivity contribution in [1.29, 1.82) is 0 Å². The first-order valence-corrected chi connectivity index (χ1v) is 12.0. The predicted octanol–water partition coefficient (Wildman–Crippen LogP) is 5.41. The van der Waals surface area contributed by atoms with Crippen LogP contribution >= 0.6 is 11.6 Å². The van der Waals surface area contributed by atoms with E-state index in [1.807, 2.05) is 44.2 Å². The van der Waals surface area contributed by atoms with Crippen molar-refractivity contribution >= 4 is 23.4 Å². The summed E-state index contributed by atoms with van der Waals surface area (Å²) in [6.45, 7) is 3.45. The lowest BCUT2D eigenvalue weighted by atomic mass is 10.0. The average molecular weight is 497 g/mol. The number of nitrogens with zero attached hydrogens (tertiary/aromatic N) is 1. The summed E-state index contributed by atoms with van der Waals surface area (Å²) in [4.78, 5) is 28.3. The normalized spacial score (nSPS) is 12.5. The summed E-state index contributed by atoms with van der Waals surface area (Å²) in [5.41, 5.74) is 1.20. The molecule has 2 atom stereocenters. The van der Waals surface area contributed by atoms with Crippen molar-refractivity contribution in [1.82, 2.24) is 10.2 Å². The smallest absolute Gasteiger partial charge is 0.261 e. The molecule has 3 aromatic carbocycles. The highest BCUT2D eigenvalue weighted by atomic mass is 35.5. The molecular formula is C28H30ClFN2O3. The molecule has 0 aliphatic heterocycles. The van der Waals surface area contributed by atoms with Crippen LogP contribution in [0.15, 0.2) is 78.9 Å². The standard InChI is InChI=1S/C28H30ClFN2O3/c1-3-20(2)31-28(34)25(17-21-11-5-4-6-12-21)32(18-22-13-7-9-15-24(22)30)27(33)19-35-26-16-10-8-14-23(26)29/h4-16,20,25H,3,17-19H2,1-2H3,(H,31,34)/t20-,25+/m1/s1. The van der Waals surface area contributed by atoms with E-state index < -0.39 is 17.8 Å². The van der Waals surface area contributed by atoms with Gasteiger partial charge in [0.1, 0.15) is 17.6 Å². The molecule has 0 aromatic heterocycles. The molecule has 0 aliphatic carbocycles. The average Bonchev–Trinajstić information content (AvgIpc) is 2.87. The Morgan fingerprint density at radius 3 is 2.34 bits per heavy atom. The van der Waals surface area contributed by atoms with Crippen LogP contribution in [0.1, 0.15) is 31.4 Å². The predicted molar refractivity (Wildman–Crippen MR) is 136 cm³/mol. The van der Waals surface area contributed by atoms with Gasteiger partial charge in [-0.25, -0.2) is 4.39 Å². The summed E-state index contributed by atoms with van der Waals surface area (Å²) < 4.78 is 20.3. The van der Waals surface area contributed by atoms with Crippen molar-refractivity contribution in [3.63, 3.8) is 0 Å². The van der Waals surface area contributed by atoms with Crippen molar-refractivity contribution in [3.05, 3.63) is 101 Å². The van der Waals surface area contributed by atoms with Crippen LogP contribution in [0.5, 0.6) is 5.75 Å². The van der Waals surface area contributed by atoms with Crippen molar-refractivity contribution in [2.24, 2.45) is 0 Å². The van der Waals surface area contributed by atoms with Gasteiger partial charge in [-0.3, -0.25) is 9.59 Å². The van der Waals surface area contributed by atoms with Gasteiger partial charge in [0.15, 0.2) is 6.61 Å². The lowest BCUT2D eigenvalue weighted by Gasteiger charge is -2.32. The van der Waals surface area contributed by atoms with E-state index in [0.717, 1.165) is 12.0 Å². The maximum Gasteiger partial charge on any atom is 0.261 e. The van der Waals surface area contributed by atoms with Gasteiger partial charge in [-0.15, -0.1) is 0 Å². The highest BCUT2D eigenvalue weighted by Gasteiger charge is 2.31. The number of rotatable bonds is 11. The number of nitrogens with one attached hydrogen (secondary N) is 1. The quantitative estimate of drug-likeness (QED) is 0.386. The molecule has 2 amide bonds. The largest absolute Gasteiger partial charge is 0.482 e. The molecule has 1 N–H and O–H groups in total. The number of para-hydroxylation sites is 1. The maximum absolute atomic E-state index is 14.6.